The molecule has 1 aromatic rings. The molecule has 0 heterocycles. The van der Waals surface area contributed by atoms with Gasteiger partial charge in [0.25, 0.3) is 0 Å². The van der Waals surface area contributed by atoms with Crippen molar-refractivity contribution in [2.75, 3.05) is 6.61 Å². The van der Waals surface area contributed by atoms with Gasteiger partial charge in [0.05, 0.1) is 12.2 Å². The second-order valence-electron chi connectivity index (χ2n) is 9.18. The first-order chi connectivity index (χ1) is 13.1. The summed E-state index contributed by atoms with van der Waals surface area (Å²) in [4.78, 5) is 12.6. The van der Waals surface area contributed by atoms with Crippen LogP contribution in [0.5, 0.6) is 0 Å². The zero-order valence-electron chi connectivity index (χ0n) is 15.6. The topological polar surface area (TPSA) is 46.5 Å². The molecule has 0 aromatic heterocycles. The summed E-state index contributed by atoms with van der Waals surface area (Å²) in [6, 6.07) is 10.5. The van der Waals surface area contributed by atoms with Crippen LogP contribution in [0.3, 0.4) is 0 Å². The molecule has 27 heavy (non-hydrogen) atoms. The summed E-state index contributed by atoms with van der Waals surface area (Å²) < 4.78 is 6.72. The Labute approximate surface area is 169 Å². The summed E-state index contributed by atoms with van der Waals surface area (Å²) in [5.41, 5.74) is 0.863. The Kier molecular flexibility index (Phi) is 4.38. The maximum Gasteiger partial charge on any atom is 0.126 e. The second-order valence-corrected chi connectivity index (χ2v) is 10.2. The van der Waals surface area contributed by atoms with Gasteiger partial charge in [0.2, 0.25) is 0 Å². The molecule has 4 aliphatic carbocycles. The third-order valence-corrected chi connectivity index (χ3v) is 9.22. The lowest BCUT2D eigenvalue weighted by Gasteiger charge is -2.45. The third kappa shape index (κ3) is 2.49. The van der Waals surface area contributed by atoms with E-state index in [9.17, 15) is 9.90 Å². The molecule has 144 valence electrons. The molecule has 3 nitrogen and oxygen atoms in total. The number of aliphatic hydroxyl groups is 1. The molecule has 0 aliphatic heterocycles. The van der Waals surface area contributed by atoms with Crippen LogP contribution >= 0.6 is 15.9 Å². The molecule has 3 saturated carbocycles. The van der Waals surface area contributed by atoms with E-state index in [1.54, 1.807) is 0 Å². The van der Waals surface area contributed by atoms with Gasteiger partial charge in [-0.15, -0.1) is 0 Å². The first-order valence-corrected chi connectivity index (χ1v) is 11.1. The van der Waals surface area contributed by atoms with Crippen LogP contribution in [0.15, 0.2) is 42.5 Å². The van der Waals surface area contributed by atoms with Crippen LogP contribution in [0.1, 0.15) is 31.2 Å². The summed E-state index contributed by atoms with van der Waals surface area (Å²) in [6.07, 6.45) is 7.95. The van der Waals surface area contributed by atoms with E-state index in [1.807, 2.05) is 6.07 Å². The average molecular weight is 431 g/mol. The fourth-order valence-corrected chi connectivity index (χ4v) is 7.76. The number of fused-ring (bicyclic) bond motifs is 4. The van der Waals surface area contributed by atoms with Crippen LogP contribution in [0.25, 0.3) is 0 Å². The quantitative estimate of drug-likeness (QED) is 0.436. The van der Waals surface area contributed by atoms with E-state index in [0.29, 0.717) is 17.8 Å². The van der Waals surface area contributed by atoms with Crippen molar-refractivity contribution >= 4 is 22.2 Å². The minimum atomic E-state index is -0.400. The van der Waals surface area contributed by atoms with Crippen molar-refractivity contribution in [1.82, 2.24) is 0 Å². The van der Waals surface area contributed by atoms with Gasteiger partial charge >= 0.3 is 0 Å². The number of halogens is 1. The lowest BCUT2D eigenvalue weighted by atomic mass is 9.64. The average Bonchev–Trinajstić information content (AvgIpc) is 3.43. The Morgan fingerprint density at radius 3 is 2.63 bits per heavy atom. The molecular weight excluding hydrogens is 404 g/mol. The summed E-state index contributed by atoms with van der Waals surface area (Å²) in [6.45, 7) is 2.31. The lowest BCUT2D eigenvalue weighted by Crippen LogP contribution is -2.49. The van der Waals surface area contributed by atoms with Gasteiger partial charge < -0.3 is 14.6 Å². The molecule has 0 unspecified atom stereocenters. The van der Waals surface area contributed by atoms with Crippen molar-refractivity contribution in [3.63, 3.8) is 0 Å². The molecule has 0 radical (unpaired) electrons. The Bertz CT molecular complexity index is 749. The van der Waals surface area contributed by atoms with Gasteiger partial charge in [-0.25, -0.2) is 0 Å². The highest BCUT2D eigenvalue weighted by Gasteiger charge is 2.65. The van der Waals surface area contributed by atoms with Crippen LogP contribution in [0.4, 0.5) is 0 Å². The zero-order valence-corrected chi connectivity index (χ0v) is 17.2. The van der Waals surface area contributed by atoms with Gasteiger partial charge in [0, 0.05) is 34.6 Å². The Morgan fingerprint density at radius 2 is 1.93 bits per heavy atom. The number of hydrogen-bond acceptors (Lipinski definition) is 3. The van der Waals surface area contributed by atoms with E-state index in [0.717, 1.165) is 12.8 Å². The second kappa shape index (κ2) is 6.53. The molecule has 1 N–H and O–H groups in total. The molecule has 3 fully saturated rings. The van der Waals surface area contributed by atoms with E-state index < -0.39 is 5.41 Å². The summed E-state index contributed by atoms with van der Waals surface area (Å²) in [5.74, 6) is 1.92. The largest absolute Gasteiger partial charge is 0.396 e. The highest BCUT2D eigenvalue weighted by atomic mass is 79.9. The first kappa shape index (κ1) is 18.1. The van der Waals surface area contributed by atoms with Gasteiger partial charge in [0.1, 0.15) is 6.29 Å². The van der Waals surface area contributed by atoms with Crippen molar-refractivity contribution in [2.24, 2.45) is 35.0 Å². The van der Waals surface area contributed by atoms with E-state index in [1.165, 1.54) is 11.8 Å². The normalized spacial score (nSPS) is 49.8. The zero-order chi connectivity index (χ0) is 18.8. The highest BCUT2D eigenvalue weighted by Crippen LogP contribution is 2.65. The molecule has 0 spiro atoms. The minimum Gasteiger partial charge on any atom is -0.396 e. The molecule has 0 saturated heterocycles. The summed E-state index contributed by atoms with van der Waals surface area (Å²) in [7, 11) is 0. The highest BCUT2D eigenvalue weighted by molar-refractivity contribution is 9.09. The molecule has 4 heteroatoms. The minimum absolute atomic E-state index is 0.0389. The molecule has 4 bridgehead atoms. The maximum atomic E-state index is 12.3. The van der Waals surface area contributed by atoms with Crippen molar-refractivity contribution in [1.29, 1.82) is 0 Å². The SMILES string of the molecule is C[C@]1(C=O)[C@@H]2C[C@@H]([C@@H](Br)[C@@H]2O[C@@H]2[C@H](CO)[C@@H]3C=C[C@H]2C3)[C@H]1c1ccccc1. The summed E-state index contributed by atoms with van der Waals surface area (Å²) in [5, 5.41) is 9.89. The molecule has 4 aliphatic rings. The number of benzene rings is 1. The number of carbonyl (C=O) groups is 1. The van der Waals surface area contributed by atoms with E-state index in [-0.39, 0.29) is 41.4 Å². The van der Waals surface area contributed by atoms with E-state index >= 15 is 0 Å². The molecular formula is C23H27BrO3. The summed E-state index contributed by atoms with van der Waals surface area (Å²) >= 11 is 3.96. The van der Waals surface area contributed by atoms with Crippen molar-refractivity contribution in [2.45, 2.75) is 42.7 Å². The van der Waals surface area contributed by atoms with Crippen LogP contribution in [-0.2, 0) is 9.53 Å². The number of carbonyl (C=O) groups excluding carboxylic acids is 1. The number of ether oxygens (including phenoxy) is 1. The predicted octanol–water partition coefficient (Wildman–Crippen LogP) is 3.96. The monoisotopic (exact) mass is 430 g/mol. The van der Waals surface area contributed by atoms with Gasteiger partial charge in [-0.3, -0.25) is 0 Å². The van der Waals surface area contributed by atoms with Gasteiger partial charge in [0.15, 0.2) is 0 Å². The Balaban J connectivity index is 1.43. The van der Waals surface area contributed by atoms with Gasteiger partial charge in [-0.2, -0.15) is 0 Å². The van der Waals surface area contributed by atoms with Crippen LogP contribution in [0.2, 0.25) is 0 Å². The van der Waals surface area contributed by atoms with Gasteiger partial charge in [-0.1, -0.05) is 65.3 Å². The molecule has 5 rings (SSSR count). The Morgan fingerprint density at radius 1 is 1.19 bits per heavy atom. The maximum absolute atomic E-state index is 12.3. The number of allylic oxidation sites excluding steroid dienone is 1. The smallest absolute Gasteiger partial charge is 0.126 e. The first-order valence-electron chi connectivity index (χ1n) is 10.2. The van der Waals surface area contributed by atoms with Gasteiger partial charge in [-0.05, 0) is 36.2 Å². The van der Waals surface area contributed by atoms with Crippen molar-refractivity contribution in [3.05, 3.63) is 48.0 Å². The van der Waals surface area contributed by atoms with E-state index in [2.05, 4.69) is 59.3 Å². The number of aliphatic hydroxyl groups excluding tert-OH is 1. The van der Waals surface area contributed by atoms with E-state index in [4.69, 9.17) is 4.74 Å². The lowest BCUT2D eigenvalue weighted by molar-refractivity contribution is -0.131. The molecule has 1 aromatic carbocycles. The predicted molar refractivity (Wildman–Crippen MR) is 108 cm³/mol. The number of hydrogen-bond donors (Lipinski definition) is 1. The van der Waals surface area contributed by atoms with Crippen LogP contribution in [0, 0.1) is 35.0 Å². The number of rotatable bonds is 5. The van der Waals surface area contributed by atoms with Crippen molar-refractivity contribution < 1.29 is 14.6 Å². The van der Waals surface area contributed by atoms with Crippen molar-refractivity contribution in [3.8, 4) is 0 Å². The fourth-order valence-electron chi connectivity index (χ4n) is 6.74. The Hall–Kier alpha value is -0.970. The molecule has 10 atom stereocenters. The standard InChI is InChI=1S/C23H27BrO3/c1-23(12-26)18-10-16(19(23)13-5-3-2-4-6-13)20(24)22(18)27-21-15-8-7-14(9-15)17(21)11-25/h2-8,12,14-22,25H,9-11H2,1H3/t14-,15+,16-,17-,18-,19-,20-,21+,22-,23+/m1/s1. The third-order valence-electron chi connectivity index (χ3n) is 8.02. The number of alkyl halides is 1. The van der Waals surface area contributed by atoms with Crippen LogP contribution < -0.4 is 0 Å². The molecule has 0 amide bonds. The van der Waals surface area contributed by atoms with Crippen LogP contribution in [-0.4, -0.2) is 35.0 Å². The fraction of sp³-hybridized carbons (Fsp3) is 0.609. The number of aldehydes is 1.